The SMILES string of the molecule is COc1c([C@H]2[C@H](C(=O)Nc3ccnc(N4C=CN(C)C4O)c3)O[C@@](C)(C(F)(F)F)[C@H]2C)ccc(F)c1F. The van der Waals surface area contributed by atoms with Crippen molar-refractivity contribution < 1.29 is 41.3 Å². The van der Waals surface area contributed by atoms with Gasteiger partial charge in [-0.3, -0.25) is 9.69 Å². The molecular formula is C24H25F5N4O4. The molecule has 1 amide bonds. The number of amides is 1. The van der Waals surface area contributed by atoms with Crippen LogP contribution in [0.2, 0.25) is 0 Å². The fourth-order valence-corrected chi connectivity index (χ4v) is 4.61. The van der Waals surface area contributed by atoms with E-state index in [0.717, 1.165) is 26.2 Å². The first-order valence-electron chi connectivity index (χ1n) is 11.2. The second kappa shape index (κ2) is 9.45. The largest absolute Gasteiger partial charge is 0.493 e. The lowest BCUT2D eigenvalue weighted by Crippen LogP contribution is -2.47. The lowest BCUT2D eigenvalue weighted by Gasteiger charge is -2.32. The van der Waals surface area contributed by atoms with Gasteiger partial charge in [0, 0.05) is 54.8 Å². The Labute approximate surface area is 209 Å². The highest BCUT2D eigenvalue weighted by molar-refractivity contribution is 5.95. The minimum Gasteiger partial charge on any atom is -0.493 e. The second-order valence-electron chi connectivity index (χ2n) is 9.05. The number of nitrogens with zero attached hydrogens (tertiary/aromatic N) is 3. The fraction of sp³-hybridized carbons (Fsp3) is 0.417. The Morgan fingerprint density at radius 3 is 2.54 bits per heavy atom. The fourth-order valence-electron chi connectivity index (χ4n) is 4.61. The van der Waals surface area contributed by atoms with Crippen molar-refractivity contribution >= 4 is 17.4 Å². The first kappa shape index (κ1) is 26.6. The molecule has 2 aliphatic rings. The smallest absolute Gasteiger partial charge is 0.417 e. The standard InChI is InChI=1S/C24H25F5N4O4/c1-12-17(14-5-6-15(25)18(26)19(14)36-4)20(37-23(12,2)24(27,28)29)21(34)31-13-7-8-30-16(11-13)33-10-9-32(3)22(33)35/h5-12,17,20,22,35H,1-4H3,(H,30,31,34)/t12-,17-,20+,22?,23+/m0/s1. The van der Waals surface area contributed by atoms with Crippen molar-refractivity contribution in [3.8, 4) is 5.75 Å². The maximum Gasteiger partial charge on any atom is 0.417 e. The van der Waals surface area contributed by atoms with E-state index in [1.54, 1.807) is 19.4 Å². The van der Waals surface area contributed by atoms with Gasteiger partial charge in [0.2, 0.25) is 12.2 Å². The Morgan fingerprint density at radius 1 is 1.24 bits per heavy atom. The van der Waals surface area contributed by atoms with Crippen molar-refractivity contribution in [2.24, 2.45) is 5.92 Å². The molecule has 3 heterocycles. The third kappa shape index (κ3) is 4.46. The normalized spacial score (nSPS) is 27.6. The van der Waals surface area contributed by atoms with Crippen LogP contribution in [0.25, 0.3) is 0 Å². The highest BCUT2D eigenvalue weighted by atomic mass is 19.4. The number of benzene rings is 1. The Bertz CT molecular complexity index is 1230. The number of aliphatic hydroxyl groups is 1. The molecule has 1 aromatic carbocycles. The summed E-state index contributed by atoms with van der Waals surface area (Å²) in [5.41, 5.74) is -2.74. The van der Waals surface area contributed by atoms with E-state index >= 15 is 0 Å². The van der Waals surface area contributed by atoms with E-state index in [4.69, 9.17) is 9.47 Å². The number of methoxy groups -OCH3 is 1. The minimum atomic E-state index is -4.88. The van der Waals surface area contributed by atoms with Gasteiger partial charge in [0.05, 0.1) is 7.11 Å². The van der Waals surface area contributed by atoms with Gasteiger partial charge >= 0.3 is 6.18 Å². The number of ether oxygens (including phenoxy) is 2. The van der Waals surface area contributed by atoms with Gasteiger partial charge in [-0.1, -0.05) is 13.0 Å². The molecule has 1 fully saturated rings. The molecule has 1 saturated heterocycles. The quantitative estimate of drug-likeness (QED) is 0.569. The van der Waals surface area contributed by atoms with E-state index in [2.05, 4.69) is 10.3 Å². The molecule has 2 aromatic rings. The van der Waals surface area contributed by atoms with Crippen LogP contribution in [0.1, 0.15) is 25.3 Å². The van der Waals surface area contributed by atoms with Crippen molar-refractivity contribution in [1.29, 1.82) is 0 Å². The van der Waals surface area contributed by atoms with Gasteiger partial charge in [-0.15, -0.1) is 0 Å². The average Bonchev–Trinajstić information content (AvgIpc) is 3.32. The van der Waals surface area contributed by atoms with E-state index < -0.39 is 59.4 Å². The molecule has 200 valence electrons. The number of aliphatic hydroxyl groups excluding tert-OH is 1. The summed E-state index contributed by atoms with van der Waals surface area (Å²) in [4.78, 5) is 20.4. The van der Waals surface area contributed by atoms with E-state index in [9.17, 15) is 31.9 Å². The van der Waals surface area contributed by atoms with Crippen molar-refractivity contribution in [3.63, 3.8) is 0 Å². The van der Waals surface area contributed by atoms with Gasteiger partial charge in [-0.2, -0.15) is 17.6 Å². The average molecular weight is 528 g/mol. The number of halogens is 5. The van der Waals surface area contributed by atoms with Gasteiger partial charge < -0.3 is 24.8 Å². The number of carbonyl (C=O) groups excluding carboxylic acids is 1. The number of aromatic nitrogens is 1. The maximum absolute atomic E-state index is 14.5. The van der Waals surface area contributed by atoms with Crippen molar-refractivity contribution in [2.45, 2.75) is 44.0 Å². The summed E-state index contributed by atoms with van der Waals surface area (Å²) in [5, 5.41) is 12.8. The first-order chi connectivity index (χ1) is 17.3. The van der Waals surface area contributed by atoms with Gasteiger partial charge in [0.25, 0.3) is 5.91 Å². The Kier molecular flexibility index (Phi) is 6.80. The van der Waals surface area contributed by atoms with Crippen LogP contribution in [-0.2, 0) is 9.53 Å². The number of rotatable bonds is 5. The summed E-state index contributed by atoms with van der Waals surface area (Å²) >= 11 is 0. The molecule has 37 heavy (non-hydrogen) atoms. The molecule has 2 aliphatic heterocycles. The molecule has 4 rings (SSSR count). The van der Waals surface area contributed by atoms with Gasteiger partial charge in [0.15, 0.2) is 17.2 Å². The summed E-state index contributed by atoms with van der Waals surface area (Å²) < 4.78 is 81.0. The van der Waals surface area contributed by atoms with Crippen molar-refractivity contribution in [1.82, 2.24) is 9.88 Å². The molecule has 0 bridgehead atoms. The zero-order valence-corrected chi connectivity index (χ0v) is 20.3. The Morgan fingerprint density at radius 2 is 1.95 bits per heavy atom. The van der Waals surface area contributed by atoms with Crippen LogP contribution in [0.5, 0.6) is 5.75 Å². The zero-order valence-electron chi connectivity index (χ0n) is 20.3. The van der Waals surface area contributed by atoms with Crippen molar-refractivity contribution in [3.05, 3.63) is 60.1 Å². The third-order valence-corrected chi connectivity index (χ3v) is 6.92. The monoisotopic (exact) mass is 528 g/mol. The van der Waals surface area contributed by atoms with Crippen LogP contribution >= 0.6 is 0 Å². The first-order valence-corrected chi connectivity index (χ1v) is 11.2. The molecule has 8 nitrogen and oxygen atoms in total. The summed E-state index contributed by atoms with van der Waals surface area (Å²) in [6.45, 7) is 2.04. The molecule has 2 N–H and O–H groups in total. The molecule has 13 heteroatoms. The van der Waals surface area contributed by atoms with Crippen LogP contribution in [0.15, 0.2) is 42.9 Å². The Balaban J connectivity index is 1.70. The summed E-state index contributed by atoms with van der Waals surface area (Å²) in [6.07, 6.45) is -3.16. The van der Waals surface area contributed by atoms with Gasteiger partial charge in [-0.05, 0) is 19.1 Å². The van der Waals surface area contributed by atoms with Gasteiger partial charge in [-0.25, -0.2) is 9.37 Å². The third-order valence-electron chi connectivity index (χ3n) is 6.92. The van der Waals surface area contributed by atoms with E-state index in [-0.39, 0.29) is 17.1 Å². The summed E-state index contributed by atoms with van der Waals surface area (Å²) in [7, 11) is 2.69. The second-order valence-corrected chi connectivity index (χ2v) is 9.05. The van der Waals surface area contributed by atoms with E-state index in [0.29, 0.717) is 0 Å². The number of anilines is 2. The lowest BCUT2D eigenvalue weighted by molar-refractivity contribution is -0.272. The number of carbonyl (C=O) groups is 1. The summed E-state index contributed by atoms with van der Waals surface area (Å²) in [6, 6.07) is 4.68. The Hall–Kier alpha value is -3.45. The topological polar surface area (TPSA) is 87.2 Å². The maximum atomic E-state index is 14.5. The molecule has 5 atom stereocenters. The lowest BCUT2D eigenvalue weighted by atomic mass is 9.77. The molecule has 0 radical (unpaired) electrons. The predicted octanol–water partition coefficient (Wildman–Crippen LogP) is 3.95. The van der Waals surface area contributed by atoms with Gasteiger partial charge in [0.1, 0.15) is 11.9 Å². The highest BCUT2D eigenvalue weighted by Crippen LogP contribution is 2.55. The number of pyridine rings is 1. The molecule has 0 saturated carbocycles. The predicted molar refractivity (Wildman–Crippen MR) is 122 cm³/mol. The van der Waals surface area contributed by atoms with Crippen LogP contribution in [0.3, 0.4) is 0 Å². The molecule has 0 spiro atoms. The molecule has 0 aliphatic carbocycles. The zero-order chi connectivity index (χ0) is 27.3. The molecular weight excluding hydrogens is 503 g/mol. The van der Waals surface area contributed by atoms with E-state index in [1.165, 1.54) is 35.1 Å². The number of hydrogen-bond acceptors (Lipinski definition) is 7. The van der Waals surface area contributed by atoms with Crippen LogP contribution in [0.4, 0.5) is 33.5 Å². The van der Waals surface area contributed by atoms with Crippen LogP contribution in [-0.4, -0.2) is 59.3 Å². The van der Waals surface area contributed by atoms with Crippen LogP contribution in [0, 0.1) is 17.6 Å². The molecule has 1 unspecified atom stereocenters. The highest BCUT2D eigenvalue weighted by Gasteiger charge is 2.65. The van der Waals surface area contributed by atoms with Crippen LogP contribution < -0.4 is 15.0 Å². The van der Waals surface area contributed by atoms with Crippen molar-refractivity contribution in [2.75, 3.05) is 24.4 Å². The molecule has 1 aromatic heterocycles. The minimum absolute atomic E-state index is 0.134. The van der Waals surface area contributed by atoms with E-state index in [1.807, 2.05) is 0 Å². The number of nitrogens with one attached hydrogen (secondary N) is 1. The summed E-state index contributed by atoms with van der Waals surface area (Å²) in [5.74, 6) is -6.64. The number of alkyl halides is 3. The number of hydrogen-bond donors (Lipinski definition) is 2.